The summed E-state index contributed by atoms with van der Waals surface area (Å²) in [4.78, 5) is 21.6. The van der Waals surface area contributed by atoms with Gasteiger partial charge in [0.05, 0.1) is 16.6 Å². The summed E-state index contributed by atoms with van der Waals surface area (Å²) in [6.07, 6.45) is 1.75. The van der Waals surface area contributed by atoms with Crippen LogP contribution in [0.3, 0.4) is 0 Å². The minimum absolute atomic E-state index is 0.0808. The molecular weight excluding hydrogens is 290 g/mol. The second kappa shape index (κ2) is 5.59. The number of benzene rings is 1. The first-order chi connectivity index (χ1) is 10.9. The van der Waals surface area contributed by atoms with Crippen LogP contribution >= 0.6 is 0 Å². The van der Waals surface area contributed by atoms with E-state index in [-0.39, 0.29) is 5.56 Å². The Hall–Kier alpha value is -2.53. The molecular formula is C18H19N3O2. The third-order valence-corrected chi connectivity index (χ3v) is 4.09. The normalized spacial score (nSPS) is 11.8. The maximum Gasteiger partial charge on any atom is 0.261 e. The van der Waals surface area contributed by atoms with Gasteiger partial charge in [0, 0.05) is 25.9 Å². The Morgan fingerprint density at radius 2 is 1.96 bits per heavy atom. The van der Waals surface area contributed by atoms with E-state index in [1.807, 2.05) is 44.2 Å². The Bertz CT molecular complexity index is 915. The maximum atomic E-state index is 12.6. The van der Waals surface area contributed by atoms with E-state index in [2.05, 4.69) is 9.97 Å². The fourth-order valence-electron chi connectivity index (χ4n) is 2.59. The number of ether oxygens (including phenoxy) is 1. The molecule has 3 rings (SSSR count). The molecule has 5 heteroatoms. The van der Waals surface area contributed by atoms with E-state index in [9.17, 15) is 4.79 Å². The first-order valence-electron chi connectivity index (χ1n) is 7.42. The zero-order valence-corrected chi connectivity index (χ0v) is 13.7. The van der Waals surface area contributed by atoms with Gasteiger partial charge in [-0.25, -0.2) is 4.98 Å². The SMILES string of the molecule is COC(C)(C)c1nc2cc(-c3ccccn3)ccc2c(=O)n1C. The van der Waals surface area contributed by atoms with Crippen LogP contribution in [0.2, 0.25) is 0 Å². The van der Waals surface area contributed by atoms with Crippen LogP contribution in [-0.4, -0.2) is 21.6 Å². The van der Waals surface area contributed by atoms with Crippen LogP contribution < -0.4 is 5.56 Å². The number of hydrogen-bond acceptors (Lipinski definition) is 4. The van der Waals surface area contributed by atoms with Crippen molar-refractivity contribution >= 4 is 10.9 Å². The van der Waals surface area contributed by atoms with Gasteiger partial charge < -0.3 is 4.74 Å². The lowest BCUT2D eigenvalue weighted by Gasteiger charge is -2.24. The molecule has 0 aliphatic heterocycles. The van der Waals surface area contributed by atoms with E-state index in [1.54, 1.807) is 31.0 Å². The zero-order valence-electron chi connectivity index (χ0n) is 13.7. The van der Waals surface area contributed by atoms with Gasteiger partial charge in [-0.3, -0.25) is 14.3 Å². The molecule has 0 saturated heterocycles. The van der Waals surface area contributed by atoms with Crippen molar-refractivity contribution in [1.82, 2.24) is 14.5 Å². The monoisotopic (exact) mass is 309 g/mol. The summed E-state index contributed by atoms with van der Waals surface area (Å²) in [6.45, 7) is 3.78. The first kappa shape index (κ1) is 15.4. The van der Waals surface area contributed by atoms with Gasteiger partial charge in [0.1, 0.15) is 11.4 Å². The predicted octanol–water partition coefficient (Wildman–Crippen LogP) is 2.88. The molecule has 0 spiro atoms. The summed E-state index contributed by atoms with van der Waals surface area (Å²) >= 11 is 0. The molecule has 0 N–H and O–H groups in total. The van der Waals surface area contributed by atoms with E-state index in [1.165, 1.54) is 0 Å². The van der Waals surface area contributed by atoms with Gasteiger partial charge in [0.25, 0.3) is 5.56 Å². The molecule has 5 nitrogen and oxygen atoms in total. The first-order valence-corrected chi connectivity index (χ1v) is 7.42. The van der Waals surface area contributed by atoms with Crippen LogP contribution in [0, 0.1) is 0 Å². The molecule has 0 radical (unpaired) electrons. The number of fused-ring (bicyclic) bond motifs is 1. The van der Waals surface area contributed by atoms with Crippen molar-refractivity contribution in [2.45, 2.75) is 19.4 Å². The standard InChI is InChI=1S/C18H19N3O2/c1-18(2,23-4)17-20-15-11-12(14-7-5-6-10-19-14)8-9-13(15)16(22)21(17)3/h5-11H,1-4H3. The van der Waals surface area contributed by atoms with Gasteiger partial charge in [-0.1, -0.05) is 12.1 Å². The summed E-state index contributed by atoms with van der Waals surface area (Å²) < 4.78 is 7.04. The molecule has 3 aromatic rings. The molecule has 0 amide bonds. The lowest BCUT2D eigenvalue weighted by Crippen LogP contribution is -2.32. The Morgan fingerprint density at radius 1 is 1.17 bits per heavy atom. The number of hydrogen-bond donors (Lipinski definition) is 0. The summed E-state index contributed by atoms with van der Waals surface area (Å²) in [5, 5.41) is 0.586. The van der Waals surface area contributed by atoms with E-state index >= 15 is 0 Å². The van der Waals surface area contributed by atoms with Crippen molar-refractivity contribution in [1.29, 1.82) is 0 Å². The van der Waals surface area contributed by atoms with Crippen molar-refractivity contribution in [2.75, 3.05) is 7.11 Å². The van der Waals surface area contributed by atoms with E-state index in [0.29, 0.717) is 16.7 Å². The second-order valence-corrected chi connectivity index (χ2v) is 5.96. The maximum absolute atomic E-state index is 12.6. The fraction of sp³-hybridized carbons (Fsp3) is 0.278. The van der Waals surface area contributed by atoms with Gasteiger partial charge in [-0.15, -0.1) is 0 Å². The van der Waals surface area contributed by atoms with Crippen LogP contribution in [-0.2, 0) is 17.4 Å². The number of rotatable bonds is 3. The lowest BCUT2D eigenvalue weighted by molar-refractivity contribution is 0.00839. The van der Waals surface area contributed by atoms with Crippen molar-refractivity contribution in [2.24, 2.45) is 7.05 Å². The molecule has 2 heterocycles. The van der Waals surface area contributed by atoms with Crippen LogP contribution in [0.25, 0.3) is 22.2 Å². The predicted molar refractivity (Wildman–Crippen MR) is 90.3 cm³/mol. The summed E-state index contributed by atoms with van der Waals surface area (Å²) in [6, 6.07) is 11.3. The smallest absolute Gasteiger partial charge is 0.261 e. The van der Waals surface area contributed by atoms with Crippen molar-refractivity contribution in [3.63, 3.8) is 0 Å². The third kappa shape index (κ3) is 2.64. The highest BCUT2D eigenvalue weighted by Gasteiger charge is 2.25. The van der Waals surface area contributed by atoms with Gasteiger partial charge in [0.2, 0.25) is 0 Å². The molecule has 2 aromatic heterocycles. The van der Waals surface area contributed by atoms with Crippen LogP contribution in [0.1, 0.15) is 19.7 Å². The number of pyridine rings is 1. The summed E-state index contributed by atoms with van der Waals surface area (Å²) in [5.41, 5.74) is 1.70. The Balaban J connectivity index is 2.27. The largest absolute Gasteiger partial charge is 0.371 e. The van der Waals surface area contributed by atoms with Crippen LogP contribution in [0.5, 0.6) is 0 Å². The fourth-order valence-corrected chi connectivity index (χ4v) is 2.59. The second-order valence-electron chi connectivity index (χ2n) is 5.96. The molecule has 23 heavy (non-hydrogen) atoms. The van der Waals surface area contributed by atoms with E-state index in [0.717, 1.165) is 11.3 Å². The quantitative estimate of drug-likeness (QED) is 0.746. The topological polar surface area (TPSA) is 57.0 Å². The van der Waals surface area contributed by atoms with E-state index in [4.69, 9.17) is 4.74 Å². The average Bonchev–Trinajstić information content (AvgIpc) is 2.58. The minimum atomic E-state index is -0.650. The average molecular weight is 309 g/mol. The molecule has 0 unspecified atom stereocenters. The minimum Gasteiger partial charge on any atom is -0.371 e. The van der Waals surface area contributed by atoms with Crippen molar-refractivity contribution < 1.29 is 4.74 Å². The highest BCUT2D eigenvalue weighted by molar-refractivity contribution is 5.83. The van der Waals surface area contributed by atoms with Crippen LogP contribution in [0.4, 0.5) is 0 Å². The zero-order chi connectivity index (χ0) is 16.6. The molecule has 0 fully saturated rings. The van der Waals surface area contributed by atoms with Crippen molar-refractivity contribution in [3.05, 3.63) is 58.8 Å². The molecule has 0 aliphatic rings. The van der Waals surface area contributed by atoms with Gasteiger partial charge >= 0.3 is 0 Å². The number of nitrogens with zero attached hydrogens (tertiary/aromatic N) is 3. The Kier molecular flexibility index (Phi) is 3.74. The number of aromatic nitrogens is 3. The molecule has 0 saturated carbocycles. The lowest BCUT2D eigenvalue weighted by atomic mass is 10.1. The van der Waals surface area contributed by atoms with E-state index < -0.39 is 5.60 Å². The van der Waals surface area contributed by atoms with Gasteiger partial charge in [-0.05, 0) is 38.1 Å². The highest BCUT2D eigenvalue weighted by Crippen LogP contribution is 2.24. The summed E-state index contributed by atoms with van der Waals surface area (Å²) in [5.74, 6) is 0.593. The Morgan fingerprint density at radius 3 is 2.61 bits per heavy atom. The van der Waals surface area contributed by atoms with Gasteiger partial charge in [-0.2, -0.15) is 0 Å². The third-order valence-electron chi connectivity index (χ3n) is 4.09. The highest BCUT2D eigenvalue weighted by atomic mass is 16.5. The summed E-state index contributed by atoms with van der Waals surface area (Å²) in [7, 11) is 3.33. The molecule has 0 aliphatic carbocycles. The molecule has 118 valence electrons. The Labute approximate surface area is 134 Å². The number of methoxy groups -OCH3 is 1. The van der Waals surface area contributed by atoms with Crippen molar-refractivity contribution in [3.8, 4) is 11.3 Å². The molecule has 0 atom stereocenters. The van der Waals surface area contributed by atoms with Gasteiger partial charge in [0.15, 0.2) is 0 Å². The molecule has 0 bridgehead atoms. The van der Waals surface area contributed by atoms with Crippen LogP contribution in [0.15, 0.2) is 47.4 Å². The molecule has 1 aromatic carbocycles.